The molecule has 0 spiro atoms. The van der Waals surface area contributed by atoms with Crippen LogP contribution in [0.15, 0.2) is 59.6 Å². The SMILES string of the molecule is Cc1ccnc(NS(=O)(=O)c2ccc(NC(=O)CN(c3ccc4c(c3)OCO4)S(C)(=O)=O)cc2)n1. The van der Waals surface area contributed by atoms with E-state index in [0.717, 1.165) is 10.6 Å². The normalized spacial score (nSPS) is 12.7. The Morgan fingerprint density at radius 2 is 1.74 bits per heavy atom. The number of aryl methyl sites for hydroxylation is 1. The third-order valence-electron chi connectivity index (χ3n) is 4.80. The van der Waals surface area contributed by atoms with Gasteiger partial charge in [-0.05, 0) is 49.4 Å². The lowest BCUT2D eigenvalue weighted by Crippen LogP contribution is -2.37. The summed E-state index contributed by atoms with van der Waals surface area (Å²) in [7, 11) is -7.76. The average molecular weight is 520 g/mol. The zero-order valence-corrected chi connectivity index (χ0v) is 20.3. The highest BCUT2D eigenvalue weighted by atomic mass is 32.2. The Morgan fingerprint density at radius 3 is 2.43 bits per heavy atom. The molecular weight excluding hydrogens is 498 g/mol. The van der Waals surface area contributed by atoms with Crippen LogP contribution in [0.5, 0.6) is 11.5 Å². The fourth-order valence-electron chi connectivity index (χ4n) is 3.17. The molecule has 12 nitrogen and oxygen atoms in total. The summed E-state index contributed by atoms with van der Waals surface area (Å²) in [6, 6.07) is 11.5. The smallest absolute Gasteiger partial charge is 0.264 e. The number of nitrogens with zero attached hydrogens (tertiary/aromatic N) is 3. The number of carbonyl (C=O) groups is 1. The van der Waals surface area contributed by atoms with Gasteiger partial charge in [0.1, 0.15) is 6.54 Å². The zero-order chi connectivity index (χ0) is 25.2. The molecule has 35 heavy (non-hydrogen) atoms. The molecular formula is C21H21N5O7S2. The number of sulfonamides is 2. The number of nitrogens with one attached hydrogen (secondary N) is 2. The number of anilines is 3. The monoisotopic (exact) mass is 519 g/mol. The Hall–Kier alpha value is -3.91. The molecule has 184 valence electrons. The summed E-state index contributed by atoms with van der Waals surface area (Å²) in [4.78, 5) is 20.4. The Kier molecular flexibility index (Phi) is 6.49. The number of benzene rings is 2. The van der Waals surface area contributed by atoms with E-state index in [0.29, 0.717) is 17.2 Å². The van der Waals surface area contributed by atoms with E-state index in [9.17, 15) is 21.6 Å². The highest BCUT2D eigenvalue weighted by Gasteiger charge is 2.24. The molecule has 1 aliphatic heterocycles. The second kappa shape index (κ2) is 9.38. The minimum atomic E-state index is -3.95. The Balaban J connectivity index is 1.45. The number of hydrogen-bond donors (Lipinski definition) is 2. The molecule has 0 radical (unpaired) electrons. The first-order chi connectivity index (χ1) is 16.5. The van der Waals surface area contributed by atoms with Gasteiger partial charge in [-0.3, -0.25) is 9.10 Å². The first kappa shape index (κ1) is 24.2. The maximum Gasteiger partial charge on any atom is 0.264 e. The maximum absolute atomic E-state index is 12.6. The molecule has 1 aliphatic rings. The van der Waals surface area contributed by atoms with Crippen molar-refractivity contribution in [3.63, 3.8) is 0 Å². The van der Waals surface area contributed by atoms with Crippen molar-refractivity contribution >= 4 is 43.3 Å². The van der Waals surface area contributed by atoms with E-state index < -0.39 is 32.5 Å². The molecule has 14 heteroatoms. The van der Waals surface area contributed by atoms with Crippen LogP contribution in [-0.4, -0.2) is 52.3 Å². The lowest BCUT2D eigenvalue weighted by atomic mass is 10.2. The fraction of sp³-hybridized carbons (Fsp3) is 0.190. The quantitative estimate of drug-likeness (QED) is 0.452. The van der Waals surface area contributed by atoms with Crippen LogP contribution in [0.2, 0.25) is 0 Å². The number of aromatic nitrogens is 2. The van der Waals surface area contributed by atoms with Crippen LogP contribution in [0.1, 0.15) is 5.69 Å². The minimum absolute atomic E-state index is 0.0252. The van der Waals surface area contributed by atoms with Gasteiger partial charge < -0.3 is 14.8 Å². The van der Waals surface area contributed by atoms with Gasteiger partial charge in [0.15, 0.2) is 11.5 Å². The molecule has 1 aromatic heterocycles. The molecule has 2 aromatic carbocycles. The van der Waals surface area contributed by atoms with Crippen molar-refractivity contribution in [2.24, 2.45) is 0 Å². The largest absolute Gasteiger partial charge is 0.454 e. The fourth-order valence-corrected chi connectivity index (χ4v) is 4.97. The van der Waals surface area contributed by atoms with E-state index in [2.05, 4.69) is 20.0 Å². The van der Waals surface area contributed by atoms with Crippen LogP contribution in [-0.2, 0) is 24.8 Å². The molecule has 0 saturated heterocycles. The van der Waals surface area contributed by atoms with Crippen molar-refractivity contribution in [2.75, 3.05) is 33.9 Å². The third-order valence-corrected chi connectivity index (χ3v) is 7.29. The molecule has 2 heterocycles. The first-order valence-electron chi connectivity index (χ1n) is 10.1. The molecule has 0 saturated carbocycles. The van der Waals surface area contributed by atoms with E-state index >= 15 is 0 Å². The van der Waals surface area contributed by atoms with E-state index in [1.54, 1.807) is 19.1 Å². The minimum Gasteiger partial charge on any atom is -0.454 e. The van der Waals surface area contributed by atoms with Crippen molar-refractivity contribution in [3.05, 3.63) is 60.4 Å². The highest BCUT2D eigenvalue weighted by molar-refractivity contribution is 7.92. The third kappa shape index (κ3) is 5.78. The molecule has 0 atom stereocenters. The predicted octanol–water partition coefficient (Wildman–Crippen LogP) is 1.72. The Labute approximate surface area is 202 Å². The van der Waals surface area contributed by atoms with Gasteiger partial charge in [0.25, 0.3) is 10.0 Å². The number of ether oxygens (including phenoxy) is 2. The summed E-state index contributed by atoms with van der Waals surface area (Å²) in [6.07, 6.45) is 2.41. The summed E-state index contributed by atoms with van der Waals surface area (Å²) in [5, 5.41) is 2.56. The van der Waals surface area contributed by atoms with Gasteiger partial charge in [-0.25, -0.2) is 31.5 Å². The summed E-state index contributed by atoms with van der Waals surface area (Å²) >= 11 is 0. The second-order valence-corrected chi connectivity index (χ2v) is 11.1. The summed E-state index contributed by atoms with van der Waals surface area (Å²) in [5.41, 5.74) is 1.11. The lowest BCUT2D eigenvalue weighted by Gasteiger charge is -2.22. The maximum atomic E-state index is 12.6. The van der Waals surface area contributed by atoms with Gasteiger partial charge in [0.2, 0.25) is 28.7 Å². The number of fused-ring (bicyclic) bond motifs is 1. The van der Waals surface area contributed by atoms with Gasteiger partial charge >= 0.3 is 0 Å². The molecule has 0 unspecified atom stereocenters. The summed E-state index contributed by atoms with van der Waals surface area (Å²) in [6.45, 7) is 1.22. The van der Waals surface area contributed by atoms with Gasteiger partial charge in [-0.15, -0.1) is 0 Å². The molecule has 0 fully saturated rings. The lowest BCUT2D eigenvalue weighted by molar-refractivity contribution is -0.114. The molecule has 4 rings (SSSR count). The number of hydrogen-bond acceptors (Lipinski definition) is 9. The van der Waals surface area contributed by atoms with Gasteiger partial charge in [0.05, 0.1) is 16.8 Å². The van der Waals surface area contributed by atoms with Crippen molar-refractivity contribution in [1.82, 2.24) is 9.97 Å². The number of rotatable bonds is 8. The van der Waals surface area contributed by atoms with E-state index in [4.69, 9.17) is 9.47 Å². The van der Waals surface area contributed by atoms with Gasteiger partial charge in [-0.1, -0.05) is 0 Å². The van der Waals surface area contributed by atoms with Crippen LogP contribution >= 0.6 is 0 Å². The summed E-state index contributed by atoms with van der Waals surface area (Å²) in [5.74, 6) is 0.157. The van der Waals surface area contributed by atoms with Crippen LogP contribution in [0.25, 0.3) is 0 Å². The molecule has 0 bridgehead atoms. The van der Waals surface area contributed by atoms with E-state index in [1.165, 1.54) is 42.6 Å². The van der Waals surface area contributed by atoms with Crippen LogP contribution in [0, 0.1) is 6.92 Å². The standard InChI is InChI=1S/C21H21N5O7S2/c1-14-9-10-22-21(23-14)25-35(30,31)17-6-3-15(4-7-17)24-20(27)12-26(34(2,28)29)16-5-8-18-19(11-16)33-13-32-18/h3-11H,12-13H2,1-2H3,(H,24,27)(H,22,23,25). The molecule has 3 aromatic rings. The van der Waals surface area contributed by atoms with Crippen LogP contribution in [0.3, 0.4) is 0 Å². The topological polar surface area (TPSA) is 157 Å². The van der Waals surface area contributed by atoms with Crippen LogP contribution < -0.4 is 23.8 Å². The average Bonchev–Trinajstić information content (AvgIpc) is 3.25. The molecule has 0 aliphatic carbocycles. The van der Waals surface area contributed by atoms with Crippen molar-refractivity contribution in [1.29, 1.82) is 0 Å². The van der Waals surface area contributed by atoms with Gasteiger partial charge in [-0.2, -0.15) is 0 Å². The second-order valence-electron chi connectivity index (χ2n) is 7.51. The van der Waals surface area contributed by atoms with Gasteiger partial charge in [0, 0.05) is 23.6 Å². The zero-order valence-electron chi connectivity index (χ0n) is 18.6. The highest BCUT2D eigenvalue weighted by Crippen LogP contribution is 2.36. The van der Waals surface area contributed by atoms with E-state index in [-0.39, 0.29) is 29.0 Å². The molecule has 1 amide bonds. The van der Waals surface area contributed by atoms with Crippen molar-refractivity contribution in [3.8, 4) is 11.5 Å². The first-order valence-corrected chi connectivity index (χ1v) is 13.4. The predicted molar refractivity (Wildman–Crippen MR) is 127 cm³/mol. The number of carbonyl (C=O) groups excluding carboxylic acids is 1. The summed E-state index contributed by atoms with van der Waals surface area (Å²) < 4.78 is 63.5. The Morgan fingerprint density at radius 1 is 1.03 bits per heavy atom. The molecule has 2 N–H and O–H groups in total. The number of amides is 1. The van der Waals surface area contributed by atoms with E-state index in [1.807, 2.05) is 0 Å². The Bertz CT molecular complexity index is 1480. The van der Waals surface area contributed by atoms with Crippen LogP contribution in [0.4, 0.5) is 17.3 Å². The van der Waals surface area contributed by atoms with Crippen molar-refractivity contribution < 1.29 is 31.1 Å². The van der Waals surface area contributed by atoms with Crippen molar-refractivity contribution in [2.45, 2.75) is 11.8 Å².